The standard InChI is InChI=1S/C29H49NO7.Ac/c1-14-11-21-29(35,13-36-21)24-15(2)19(31)12-20(37-26(34)23(32)18(5)30-10)16(3)22(27(6,7)8)17(4)25(33)28(14,24)9;/h14-15,17-21,23-24,30-32,35H,11-13H2,1-10H3;/t14-,15+,17+,18?,19?,20?,21?,23?,24?,28+,29-;/m0./s1. The summed E-state index contributed by atoms with van der Waals surface area (Å²) in [4.78, 5) is 27.5. The maximum Gasteiger partial charge on any atom is 0.337 e. The number of fused-ring (bicyclic) bond motifs is 3. The van der Waals surface area contributed by atoms with E-state index < -0.39 is 64.5 Å². The van der Waals surface area contributed by atoms with E-state index in [1.54, 1.807) is 14.0 Å². The van der Waals surface area contributed by atoms with E-state index in [-0.39, 0.29) is 74.9 Å². The van der Waals surface area contributed by atoms with E-state index in [9.17, 15) is 24.9 Å². The minimum Gasteiger partial charge on any atom is -0.456 e. The minimum absolute atomic E-state index is 0. The van der Waals surface area contributed by atoms with Gasteiger partial charge in [-0.2, -0.15) is 0 Å². The van der Waals surface area contributed by atoms with E-state index in [0.29, 0.717) is 6.42 Å². The van der Waals surface area contributed by atoms with Crippen LogP contribution in [0.15, 0.2) is 11.1 Å². The molecule has 2 aliphatic carbocycles. The smallest absolute Gasteiger partial charge is 0.337 e. The number of ketones is 1. The number of likely N-dealkylation sites (N-methyl/N-ethyl adjacent to an activating group) is 1. The van der Waals surface area contributed by atoms with E-state index >= 15 is 0 Å². The maximum absolute atomic E-state index is 14.5. The van der Waals surface area contributed by atoms with Crippen LogP contribution in [0, 0.1) is 78.6 Å². The Hall–Kier alpha value is 0.122. The number of carbonyl (C=O) groups is 2. The summed E-state index contributed by atoms with van der Waals surface area (Å²) in [6.45, 7) is 17.6. The molecule has 0 spiro atoms. The summed E-state index contributed by atoms with van der Waals surface area (Å²) in [6.07, 6.45) is -2.86. The zero-order valence-corrected chi connectivity index (χ0v) is 29.6. The maximum atomic E-state index is 14.5. The average Bonchev–Trinajstić information content (AvgIpc) is 2.81. The quantitative estimate of drug-likeness (QED) is 0.256. The summed E-state index contributed by atoms with van der Waals surface area (Å²) in [6, 6.07) is -0.517. The van der Waals surface area contributed by atoms with Gasteiger partial charge in [0.25, 0.3) is 0 Å². The fourth-order valence-electron chi connectivity index (χ4n) is 7.62. The van der Waals surface area contributed by atoms with Crippen molar-refractivity contribution in [3.05, 3.63) is 11.1 Å². The molecule has 8 nitrogen and oxygen atoms in total. The third kappa shape index (κ3) is 5.74. The number of hydrogen-bond donors (Lipinski definition) is 4. The van der Waals surface area contributed by atoms with E-state index in [1.165, 1.54) is 0 Å². The van der Waals surface area contributed by atoms with Crippen molar-refractivity contribution in [2.45, 2.75) is 111 Å². The molecule has 0 bridgehead atoms. The molecule has 0 aromatic carbocycles. The van der Waals surface area contributed by atoms with Gasteiger partial charge in [-0.15, -0.1) is 0 Å². The van der Waals surface area contributed by atoms with Crippen LogP contribution in [0.25, 0.3) is 0 Å². The first-order valence-corrected chi connectivity index (χ1v) is 13.8. The van der Waals surface area contributed by atoms with Crippen LogP contribution in [-0.4, -0.2) is 76.8 Å². The number of aliphatic hydroxyl groups excluding tert-OH is 2. The van der Waals surface area contributed by atoms with Gasteiger partial charge in [-0.05, 0) is 50.1 Å². The molecule has 4 N–H and O–H groups in total. The third-order valence-corrected chi connectivity index (χ3v) is 9.94. The van der Waals surface area contributed by atoms with Crippen molar-refractivity contribution in [2.75, 3.05) is 13.7 Å². The topological polar surface area (TPSA) is 125 Å². The molecule has 1 aliphatic heterocycles. The number of carbonyl (C=O) groups excluding carboxylic acids is 2. The number of aliphatic hydroxyl groups is 3. The van der Waals surface area contributed by atoms with E-state index in [0.717, 1.165) is 11.1 Å². The van der Waals surface area contributed by atoms with Gasteiger partial charge in [0.1, 0.15) is 17.5 Å². The Morgan fingerprint density at radius 2 is 1.79 bits per heavy atom. The zero-order valence-electron chi connectivity index (χ0n) is 24.9. The molecule has 1 radical (unpaired) electrons. The van der Waals surface area contributed by atoms with Gasteiger partial charge < -0.3 is 30.1 Å². The first-order chi connectivity index (χ1) is 16.9. The van der Waals surface area contributed by atoms with Gasteiger partial charge in [-0.25, -0.2) is 4.79 Å². The Morgan fingerprint density at radius 1 is 1.21 bits per heavy atom. The van der Waals surface area contributed by atoms with Gasteiger partial charge in [-0.1, -0.05) is 54.0 Å². The molecule has 9 heteroatoms. The van der Waals surface area contributed by atoms with Crippen molar-refractivity contribution in [1.29, 1.82) is 0 Å². The summed E-state index contributed by atoms with van der Waals surface area (Å²) in [7, 11) is 1.65. The molecule has 11 atom stereocenters. The molecule has 0 aromatic rings. The number of hydrogen-bond acceptors (Lipinski definition) is 8. The van der Waals surface area contributed by atoms with Gasteiger partial charge >= 0.3 is 5.97 Å². The number of esters is 1. The van der Waals surface area contributed by atoms with Crippen molar-refractivity contribution in [3.63, 3.8) is 0 Å². The van der Waals surface area contributed by atoms with Gasteiger partial charge in [0, 0.05) is 73.8 Å². The predicted molar refractivity (Wildman–Crippen MR) is 141 cm³/mol. The SMILES string of the molecule is CNC(C)C(O)C(=O)OC1CC(O)[C@@H](C)C2[C@]3(O)COC3C[C@H](C)[C@@]2(C)C(=O)[C@H](C)C(C(C)(C)C)=C1C.[Ac]. The molecule has 1 saturated heterocycles. The van der Waals surface area contributed by atoms with Crippen LogP contribution in [0.1, 0.15) is 75.2 Å². The first-order valence-electron chi connectivity index (χ1n) is 13.8. The molecule has 0 amide bonds. The number of Topliss-reactive ketones (excluding diaryl/α,β-unsaturated/α-hetero) is 1. The Kier molecular flexibility index (Phi) is 11.0. The van der Waals surface area contributed by atoms with Crippen LogP contribution in [0.2, 0.25) is 0 Å². The molecule has 215 valence electrons. The van der Waals surface area contributed by atoms with Gasteiger partial charge in [-0.3, -0.25) is 4.79 Å². The first kappa shape index (κ1) is 34.3. The number of allylic oxidation sites excluding steroid dienone is 1. The van der Waals surface area contributed by atoms with Crippen molar-refractivity contribution in [1.82, 2.24) is 5.32 Å². The monoisotopic (exact) mass is 750 g/mol. The van der Waals surface area contributed by atoms with E-state index in [2.05, 4.69) is 5.32 Å². The average molecular weight is 751 g/mol. The van der Waals surface area contributed by atoms with Crippen molar-refractivity contribution in [3.8, 4) is 0 Å². The molecular weight excluding hydrogens is 701 g/mol. The second-order valence-electron chi connectivity index (χ2n) is 13.2. The summed E-state index contributed by atoms with van der Waals surface area (Å²) in [5.74, 6) is -2.30. The van der Waals surface area contributed by atoms with Crippen LogP contribution < -0.4 is 5.32 Å². The van der Waals surface area contributed by atoms with E-state index in [1.807, 2.05) is 55.4 Å². The molecule has 3 aliphatic rings. The fourth-order valence-corrected chi connectivity index (χ4v) is 7.62. The Labute approximate surface area is 264 Å². The molecule has 1 heterocycles. The van der Waals surface area contributed by atoms with Gasteiger partial charge in [0.05, 0.1) is 18.8 Å². The summed E-state index contributed by atoms with van der Waals surface area (Å²) in [5, 5.41) is 36.7. The van der Waals surface area contributed by atoms with Crippen LogP contribution in [0.3, 0.4) is 0 Å². The Bertz CT molecular complexity index is 932. The predicted octanol–water partition coefficient (Wildman–Crippen LogP) is 2.63. The third-order valence-electron chi connectivity index (χ3n) is 9.94. The number of rotatable bonds is 4. The van der Waals surface area contributed by atoms with Crippen LogP contribution in [0.5, 0.6) is 0 Å². The van der Waals surface area contributed by atoms with E-state index in [4.69, 9.17) is 9.47 Å². The second-order valence-corrected chi connectivity index (χ2v) is 13.2. The molecule has 1 saturated carbocycles. The minimum atomic E-state index is -1.38. The van der Waals surface area contributed by atoms with Crippen LogP contribution >= 0.6 is 0 Å². The summed E-state index contributed by atoms with van der Waals surface area (Å²) >= 11 is 0. The Balaban J connectivity index is 0.00000507. The summed E-state index contributed by atoms with van der Waals surface area (Å²) < 4.78 is 11.6. The number of nitrogens with one attached hydrogen (secondary N) is 1. The normalized spacial score (nSPS) is 41.6. The van der Waals surface area contributed by atoms with Crippen LogP contribution in [-0.2, 0) is 19.1 Å². The fraction of sp³-hybridized carbons (Fsp3) is 0.862. The largest absolute Gasteiger partial charge is 0.456 e. The zero-order chi connectivity index (χ0) is 28.2. The van der Waals surface area contributed by atoms with Crippen molar-refractivity contribution < 1.29 is 78.4 Å². The Morgan fingerprint density at radius 3 is 2.26 bits per heavy atom. The molecule has 2 fully saturated rings. The molecule has 38 heavy (non-hydrogen) atoms. The molecule has 0 aromatic heterocycles. The van der Waals surface area contributed by atoms with Crippen LogP contribution in [0.4, 0.5) is 0 Å². The molecular formula is C29H49AcNO7. The van der Waals surface area contributed by atoms with Crippen molar-refractivity contribution >= 4 is 11.8 Å². The van der Waals surface area contributed by atoms with Gasteiger partial charge in [0.2, 0.25) is 0 Å². The second kappa shape index (κ2) is 12.2. The van der Waals surface area contributed by atoms with Crippen molar-refractivity contribution in [2.24, 2.45) is 34.5 Å². The number of ether oxygens (including phenoxy) is 2. The molecule has 6 unspecified atom stereocenters. The molecule has 3 rings (SSSR count). The van der Waals surface area contributed by atoms with Gasteiger partial charge in [0.15, 0.2) is 6.10 Å². The summed E-state index contributed by atoms with van der Waals surface area (Å²) in [5.41, 5.74) is -0.931.